The molecule has 0 saturated carbocycles. The molecule has 0 amide bonds. The lowest BCUT2D eigenvalue weighted by atomic mass is 10.1. The quantitative estimate of drug-likeness (QED) is 0.704. The van der Waals surface area contributed by atoms with Gasteiger partial charge in [0.1, 0.15) is 0 Å². The molecule has 3 heterocycles. The highest BCUT2D eigenvalue weighted by molar-refractivity contribution is 7.89. The molecule has 10 heteroatoms. The Hall–Kier alpha value is -2.46. The summed E-state index contributed by atoms with van der Waals surface area (Å²) in [5.41, 5.74) is 1.59. The molecular weight excluding hydrogens is 426 g/mol. The monoisotopic (exact) mass is 459 g/mol. The molecule has 1 N–H and O–H groups in total. The molecule has 1 aromatic carbocycles. The first-order chi connectivity index (χ1) is 15.3. The highest BCUT2D eigenvalue weighted by Gasteiger charge is 2.22. The summed E-state index contributed by atoms with van der Waals surface area (Å²) in [6, 6.07) is 5.08. The fraction of sp³-hybridized carbons (Fsp3) is 0.591. The third kappa shape index (κ3) is 4.96. The molecule has 0 atom stereocenters. The first-order valence-electron chi connectivity index (χ1n) is 11.4. The van der Waals surface area contributed by atoms with Crippen LogP contribution in [0.15, 0.2) is 23.1 Å². The largest absolute Gasteiger partial charge is 0.341 e. The SMILES string of the molecule is Cc1ccc(S(=O)(=O)N(C)C)cc1Nc1nc(N2CCCCC2)nc(N2CCCCC2)n1. The number of nitrogens with one attached hydrogen (secondary N) is 1. The zero-order valence-electron chi connectivity index (χ0n) is 19.2. The molecule has 174 valence electrons. The molecule has 2 aromatic rings. The third-order valence-electron chi connectivity index (χ3n) is 6.12. The summed E-state index contributed by atoms with van der Waals surface area (Å²) >= 11 is 0. The fourth-order valence-electron chi connectivity index (χ4n) is 4.11. The number of hydrogen-bond donors (Lipinski definition) is 1. The Morgan fingerprint density at radius 2 is 1.38 bits per heavy atom. The van der Waals surface area contributed by atoms with Crippen LogP contribution in [0.1, 0.15) is 44.1 Å². The van der Waals surface area contributed by atoms with Gasteiger partial charge in [-0.3, -0.25) is 0 Å². The van der Waals surface area contributed by atoms with Crippen LogP contribution in [0.3, 0.4) is 0 Å². The molecule has 1 aromatic heterocycles. The lowest BCUT2D eigenvalue weighted by Crippen LogP contribution is -2.34. The van der Waals surface area contributed by atoms with Gasteiger partial charge in [0.15, 0.2) is 0 Å². The molecule has 0 bridgehead atoms. The molecule has 2 saturated heterocycles. The minimum atomic E-state index is -3.54. The summed E-state index contributed by atoms with van der Waals surface area (Å²) in [7, 11) is -0.472. The van der Waals surface area contributed by atoms with Crippen LogP contribution in [0, 0.1) is 6.92 Å². The van der Waals surface area contributed by atoms with Gasteiger partial charge < -0.3 is 15.1 Å². The Bertz CT molecular complexity index is 1010. The fourth-order valence-corrected chi connectivity index (χ4v) is 5.04. The van der Waals surface area contributed by atoms with Gasteiger partial charge >= 0.3 is 0 Å². The summed E-state index contributed by atoms with van der Waals surface area (Å²) in [6.45, 7) is 5.71. The van der Waals surface area contributed by atoms with E-state index in [9.17, 15) is 8.42 Å². The zero-order chi connectivity index (χ0) is 22.7. The Balaban J connectivity index is 1.69. The van der Waals surface area contributed by atoms with Crippen molar-refractivity contribution in [2.45, 2.75) is 50.3 Å². The van der Waals surface area contributed by atoms with Gasteiger partial charge in [0.05, 0.1) is 4.90 Å². The number of aryl methyl sites for hydroxylation is 1. The second-order valence-corrected chi connectivity index (χ2v) is 10.9. The zero-order valence-corrected chi connectivity index (χ0v) is 20.0. The third-order valence-corrected chi connectivity index (χ3v) is 7.93. The van der Waals surface area contributed by atoms with Crippen molar-refractivity contribution in [2.24, 2.45) is 0 Å². The van der Waals surface area contributed by atoms with E-state index in [0.29, 0.717) is 23.5 Å². The van der Waals surface area contributed by atoms with E-state index in [1.165, 1.54) is 31.2 Å². The van der Waals surface area contributed by atoms with Crippen LogP contribution in [0.2, 0.25) is 0 Å². The van der Waals surface area contributed by atoms with Crippen LogP contribution < -0.4 is 15.1 Å². The summed E-state index contributed by atoms with van der Waals surface area (Å²) in [5, 5.41) is 3.28. The smallest absolute Gasteiger partial charge is 0.242 e. The predicted molar refractivity (Wildman–Crippen MR) is 127 cm³/mol. The summed E-state index contributed by atoms with van der Waals surface area (Å²) in [4.78, 5) is 18.9. The van der Waals surface area contributed by atoms with E-state index < -0.39 is 10.0 Å². The highest BCUT2D eigenvalue weighted by atomic mass is 32.2. The van der Waals surface area contributed by atoms with E-state index in [0.717, 1.165) is 57.4 Å². The second kappa shape index (κ2) is 9.58. The van der Waals surface area contributed by atoms with Crippen LogP contribution in [0.5, 0.6) is 0 Å². The van der Waals surface area contributed by atoms with Gasteiger partial charge in [0.2, 0.25) is 27.9 Å². The number of sulfonamides is 1. The second-order valence-electron chi connectivity index (χ2n) is 8.74. The average Bonchev–Trinajstić information content (AvgIpc) is 2.81. The van der Waals surface area contributed by atoms with Gasteiger partial charge in [-0.25, -0.2) is 12.7 Å². The number of rotatable bonds is 6. The number of piperidine rings is 2. The van der Waals surface area contributed by atoms with E-state index in [1.807, 2.05) is 6.92 Å². The van der Waals surface area contributed by atoms with Crippen molar-refractivity contribution in [1.29, 1.82) is 0 Å². The van der Waals surface area contributed by atoms with E-state index in [-0.39, 0.29) is 4.90 Å². The molecule has 0 aliphatic carbocycles. The Labute approximate surface area is 190 Å². The van der Waals surface area contributed by atoms with Crippen molar-refractivity contribution in [1.82, 2.24) is 19.3 Å². The summed E-state index contributed by atoms with van der Waals surface area (Å²) < 4.78 is 26.4. The first kappa shape index (κ1) is 22.7. The van der Waals surface area contributed by atoms with Crippen molar-refractivity contribution in [2.75, 3.05) is 55.4 Å². The maximum Gasteiger partial charge on any atom is 0.242 e. The van der Waals surface area contributed by atoms with Crippen LogP contribution >= 0.6 is 0 Å². The van der Waals surface area contributed by atoms with Crippen LogP contribution in [0.4, 0.5) is 23.5 Å². The highest BCUT2D eigenvalue weighted by Crippen LogP contribution is 2.27. The number of anilines is 4. The molecule has 2 aliphatic rings. The minimum absolute atomic E-state index is 0.233. The van der Waals surface area contributed by atoms with Gasteiger partial charge in [0.25, 0.3) is 0 Å². The number of benzene rings is 1. The Kier molecular flexibility index (Phi) is 6.80. The van der Waals surface area contributed by atoms with E-state index >= 15 is 0 Å². The number of aromatic nitrogens is 3. The van der Waals surface area contributed by atoms with Crippen molar-refractivity contribution < 1.29 is 8.42 Å². The van der Waals surface area contributed by atoms with Gasteiger partial charge in [0, 0.05) is 46.0 Å². The van der Waals surface area contributed by atoms with Crippen molar-refractivity contribution in [3.05, 3.63) is 23.8 Å². The van der Waals surface area contributed by atoms with Gasteiger partial charge in [-0.05, 0) is 63.1 Å². The molecule has 32 heavy (non-hydrogen) atoms. The summed E-state index contributed by atoms with van der Waals surface area (Å²) in [6.07, 6.45) is 7.01. The predicted octanol–water partition coefficient (Wildman–Crippen LogP) is 3.15. The normalized spacial score (nSPS) is 17.6. The molecule has 2 aliphatic heterocycles. The minimum Gasteiger partial charge on any atom is -0.341 e. The number of hydrogen-bond acceptors (Lipinski definition) is 8. The lowest BCUT2D eigenvalue weighted by Gasteiger charge is -2.30. The topological polar surface area (TPSA) is 94.6 Å². The Morgan fingerprint density at radius 1 is 0.844 bits per heavy atom. The molecule has 9 nitrogen and oxygen atoms in total. The summed E-state index contributed by atoms with van der Waals surface area (Å²) in [5.74, 6) is 1.83. The van der Waals surface area contributed by atoms with Crippen LogP contribution in [-0.2, 0) is 10.0 Å². The van der Waals surface area contributed by atoms with Crippen molar-refractivity contribution in [3.8, 4) is 0 Å². The number of nitrogens with zero attached hydrogens (tertiary/aromatic N) is 6. The molecular formula is C22H33N7O2S. The van der Waals surface area contributed by atoms with E-state index in [2.05, 4.69) is 15.1 Å². The van der Waals surface area contributed by atoms with Crippen molar-refractivity contribution >= 4 is 33.6 Å². The van der Waals surface area contributed by atoms with Gasteiger partial charge in [-0.15, -0.1) is 0 Å². The van der Waals surface area contributed by atoms with Crippen LogP contribution in [0.25, 0.3) is 0 Å². The molecule has 0 spiro atoms. The van der Waals surface area contributed by atoms with E-state index in [4.69, 9.17) is 15.0 Å². The standard InChI is InChI=1S/C22H33N7O2S/c1-17-10-11-18(32(30,31)27(2)3)16-19(17)23-20-24-21(28-12-6-4-7-13-28)26-22(25-20)29-14-8-5-9-15-29/h10-11,16H,4-9,12-15H2,1-3H3,(H,23,24,25,26). The molecule has 4 rings (SSSR count). The average molecular weight is 460 g/mol. The molecule has 0 unspecified atom stereocenters. The first-order valence-corrected chi connectivity index (χ1v) is 12.8. The lowest BCUT2D eigenvalue weighted by molar-refractivity contribution is 0.521. The maximum absolute atomic E-state index is 12.6. The Morgan fingerprint density at radius 3 is 1.88 bits per heavy atom. The molecule has 0 radical (unpaired) electrons. The van der Waals surface area contributed by atoms with Crippen LogP contribution in [-0.4, -0.2) is 67.9 Å². The molecule has 2 fully saturated rings. The van der Waals surface area contributed by atoms with Gasteiger partial charge in [-0.1, -0.05) is 6.07 Å². The van der Waals surface area contributed by atoms with E-state index in [1.54, 1.807) is 18.2 Å². The maximum atomic E-state index is 12.6. The van der Waals surface area contributed by atoms with Gasteiger partial charge in [-0.2, -0.15) is 15.0 Å². The van der Waals surface area contributed by atoms with Crippen molar-refractivity contribution in [3.63, 3.8) is 0 Å².